The number of carbonyl (C=O) groups is 2. The molecular weight excluding hydrogens is 387 g/mol. The van der Waals surface area contributed by atoms with Gasteiger partial charge in [-0.25, -0.2) is 4.39 Å². The Bertz CT molecular complexity index is 1160. The van der Waals surface area contributed by atoms with Gasteiger partial charge in [-0.3, -0.25) is 9.59 Å². The molecule has 6 nitrogen and oxygen atoms in total. The third-order valence-corrected chi connectivity index (χ3v) is 5.38. The van der Waals surface area contributed by atoms with Gasteiger partial charge in [-0.2, -0.15) is 0 Å². The minimum Gasteiger partial charge on any atom is -0.493 e. The first kappa shape index (κ1) is 18.4. The number of anilines is 1. The van der Waals surface area contributed by atoms with Crippen molar-refractivity contribution in [1.29, 1.82) is 0 Å². The summed E-state index contributed by atoms with van der Waals surface area (Å²) in [6.45, 7) is 1.31. The van der Waals surface area contributed by atoms with Crippen LogP contribution in [0.3, 0.4) is 0 Å². The van der Waals surface area contributed by atoms with Crippen molar-refractivity contribution in [1.82, 2.24) is 4.90 Å². The molecule has 2 aliphatic rings. The number of ether oxygens (including phenoxy) is 2. The molecule has 1 fully saturated rings. The van der Waals surface area contributed by atoms with Crippen molar-refractivity contribution in [3.05, 3.63) is 66.0 Å². The maximum atomic E-state index is 14.4. The molecule has 2 heterocycles. The summed E-state index contributed by atoms with van der Waals surface area (Å²) in [5.74, 6) is -0.196. The maximum Gasteiger partial charge on any atom is 0.262 e. The molecule has 0 aromatic heterocycles. The normalized spacial score (nSPS) is 15.8. The fourth-order valence-corrected chi connectivity index (χ4v) is 3.75. The van der Waals surface area contributed by atoms with Gasteiger partial charge in [-0.1, -0.05) is 30.3 Å². The summed E-state index contributed by atoms with van der Waals surface area (Å²) in [5.41, 5.74) is 0.237. The summed E-state index contributed by atoms with van der Waals surface area (Å²) in [4.78, 5) is 25.7. The zero-order chi connectivity index (χ0) is 20.7. The van der Waals surface area contributed by atoms with E-state index in [0.717, 1.165) is 22.6 Å². The molecule has 3 aromatic carbocycles. The van der Waals surface area contributed by atoms with Crippen LogP contribution in [0.15, 0.2) is 54.6 Å². The van der Waals surface area contributed by atoms with Gasteiger partial charge in [0.2, 0.25) is 0 Å². The van der Waals surface area contributed by atoms with E-state index in [1.54, 1.807) is 4.90 Å². The van der Waals surface area contributed by atoms with E-state index < -0.39 is 11.7 Å². The molecule has 0 radical (unpaired) electrons. The Balaban J connectivity index is 1.20. The molecule has 5 rings (SSSR count). The lowest BCUT2D eigenvalue weighted by atomic mass is 9.99. The van der Waals surface area contributed by atoms with Gasteiger partial charge < -0.3 is 19.7 Å². The Morgan fingerprint density at radius 2 is 1.93 bits per heavy atom. The van der Waals surface area contributed by atoms with Crippen molar-refractivity contribution in [2.45, 2.75) is 0 Å². The number of carbonyl (C=O) groups excluding carboxylic acids is 2. The Hall–Kier alpha value is -3.61. The summed E-state index contributed by atoms with van der Waals surface area (Å²) in [7, 11) is 0. The van der Waals surface area contributed by atoms with Crippen molar-refractivity contribution in [2.24, 2.45) is 5.92 Å². The van der Waals surface area contributed by atoms with Crippen LogP contribution in [0.2, 0.25) is 0 Å². The molecular formula is C23H19FN2O4. The van der Waals surface area contributed by atoms with Gasteiger partial charge in [-0.05, 0) is 29.0 Å². The van der Waals surface area contributed by atoms with Crippen molar-refractivity contribution >= 4 is 28.3 Å². The van der Waals surface area contributed by atoms with E-state index in [-0.39, 0.29) is 29.7 Å². The van der Waals surface area contributed by atoms with Crippen LogP contribution in [0, 0.1) is 11.7 Å². The monoisotopic (exact) mass is 406 g/mol. The topological polar surface area (TPSA) is 67.9 Å². The van der Waals surface area contributed by atoms with Crippen LogP contribution in [0.25, 0.3) is 10.8 Å². The lowest BCUT2D eigenvalue weighted by molar-refractivity contribution is -0.118. The summed E-state index contributed by atoms with van der Waals surface area (Å²) in [6, 6.07) is 16.5. The number of likely N-dealkylation sites (tertiary alicyclic amines) is 1. The Morgan fingerprint density at radius 3 is 2.77 bits per heavy atom. The zero-order valence-electron chi connectivity index (χ0n) is 16.1. The number of amides is 2. The van der Waals surface area contributed by atoms with Crippen LogP contribution < -0.4 is 14.8 Å². The standard InChI is InChI=1S/C23H19FN2O4/c24-19-9-21-20(25-22(27)13-30-21)8-18(19)23(28)26-10-14(11-26)12-29-17-6-5-15-3-1-2-4-16(15)7-17/h1-9,14H,10-13H2,(H,25,27). The van der Waals surface area contributed by atoms with Gasteiger partial charge in [-0.15, -0.1) is 0 Å². The number of rotatable bonds is 4. The van der Waals surface area contributed by atoms with Crippen LogP contribution in [0.5, 0.6) is 11.5 Å². The van der Waals surface area contributed by atoms with Crippen LogP contribution in [0.1, 0.15) is 10.4 Å². The van der Waals surface area contributed by atoms with Crippen molar-refractivity contribution in [2.75, 3.05) is 31.6 Å². The predicted octanol–water partition coefficient (Wildman–Crippen LogP) is 3.46. The van der Waals surface area contributed by atoms with Crippen LogP contribution in [-0.4, -0.2) is 43.0 Å². The molecule has 0 unspecified atom stereocenters. The first-order valence-electron chi connectivity index (χ1n) is 9.74. The van der Waals surface area contributed by atoms with Gasteiger partial charge in [0.25, 0.3) is 11.8 Å². The van der Waals surface area contributed by atoms with Crippen LogP contribution in [-0.2, 0) is 4.79 Å². The van der Waals surface area contributed by atoms with Gasteiger partial charge in [0.1, 0.15) is 17.3 Å². The minimum absolute atomic E-state index is 0.0755. The average molecular weight is 406 g/mol. The molecule has 2 aliphatic heterocycles. The first-order valence-corrected chi connectivity index (χ1v) is 9.74. The number of nitrogens with zero attached hydrogens (tertiary/aromatic N) is 1. The maximum absolute atomic E-state index is 14.4. The van der Waals surface area contributed by atoms with E-state index in [0.29, 0.717) is 25.4 Å². The molecule has 30 heavy (non-hydrogen) atoms. The molecule has 1 N–H and O–H groups in total. The van der Waals surface area contributed by atoms with E-state index in [9.17, 15) is 14.0 Å². The van der Waals surface area contributed by atoms with Crippen molar-refractivity contribution in [3.63, 3.8) is 0 Å². The lowest BCUT2D eigenvalue weighted by Crippen LogP contribution is -2.52. The highest BCUT2D eigenvalue weighted by Crippen LogP contribution is 2.32. The van der Waals surface area contributed by atoms with Gasteiger partial charge in [0.15, 0.2) is 6.61 Å². The third-order valence-electron chi connectivity index (χ3n) is 5.38. The highest BCUT2D eigenvalue weighted by molar-refractivity contribution is 6.00. The number of hydrogen-bond acceptors (Lipinski definition) is 4. The number of hydrogen-bond donors (Lipinski definition) is 1. The second-order valence-electron chi connectivity index (χ2n) is 7.56. The molecule has 2 amide bonds. The highest BCUT2D eigenvalue weighted by Gasteiger charge is 2.33. The zero-order valence-corrected chi connectivity index (χ0v) is 16.1. The molecule has 152 valence electrons. The Labute approximate surface area is 172 Å². The molecule has 0 atom stereocenters. The molecule has 0 saturated carbocycles. The summed E-state index contributed by atoms with van der Waals surface area (Å²) in [6.07, 6.45) is 0. The van der Waals surface area contributed by atoms with Crippen LogP contribution in [0.4, 0.5) is 10.1 Å². The largest absolute Gasteiger partial charge is 0.493 e. The number of nitrogens with one attached hydrogen (secondary N) is 1. The van der Waals surface area contributed by atoms with E-state index in [1.165, 1.54) is 6.07 Å². The fraction of sp³-hybridized carbons (Fsp3) is 0.217. The minimum atomic E-state index is -0.661. The second-order valence-corrected chi connectivity index (χ2v) is 7.56. The molecule has 0 spiro atoms. The predicted molar refractivity (Wildman–Crippen MR) is 109 cm³/mol. The van der Waals surface area contributed by atoms with Crippen molar-refractivity contribution in [3.8, 4) is 11.5 Å². The quantitative estimate of drug-likeness (QED) is 0.721. The Morgan fingerprint density at radius 1 is 1.13 bits per heavy atom. The number of halogens is 1. The van der Waals surface area contributed by atoms with Gasteiger partial charge in [0, 0.05) is 25.1 Å². The second kappa shape index (κ2) is 7.33. The molecule has 0 aliphatic carbocycles. The fourth-order valence-electron chi connectivity index (χ4n) is 3.75. The van der Waals surface area contributed by atoms with E-state index in [2.05, 4.69) is 5.32 Å². The van der Waals surface area contributed by atoms with E-state index >= 15 is 0 Å². The third kappa shape index (κ3) is 3.43. The smallest absolute Gasteiger partial charge is 0.262 e. The van der Waals surface area contributed by atoms with Gasteiger partial charge >= 0.3 is 0 Å². The SMILES string of the molecule is O=C1COc2cc(F)c(C(=O)N3CC(COc4ccc5ccccc5c4)C3)cc2N1. The summed E-state index contributed by atoms with van der Waals surface area (Å²) >= 11 is 0. The first-order chi connectivity index (χ1) is 14.6. The van der Waals surface area contributed by atoms with E-state index in [1.807, 2.05) is 42.5 Å². The van der Waals surface area contributed by atoms with Crippen molar-refractivity contribution < 1.29 is 23.5 Å². The molecule has 7 heteroatoms. The average Bonchev–Trinajstić information content (AvgIpc) is 2.72. The van der Waals surface area contributed by atoms with E-state index in [4.69, 9.17) is 9.47 Å². The van der Waals surface area contributed by atoms with Crippen LogP contribution >= 0.6 is 0 Å². The molecule has 3 aromatic rings. The summed E-state index contributed by atoms with van der Waals surface area (Å²) in [5, 5.41) is 4.86. The van der Waals surface area contributed by atoms with Gasteiger partial charge in [0.05, 0.1) is 17.9 Å². The lowest BCUT2D eigenvalue weighted by Gasteiger charge is -2.39. The Kier molecular flexibility index (Phi) is 4.50. The molecule has 1 saturated heterocycles. The highest BCUT2D eigenvalue weighted by atomic mass is 19.1. The summed E-state index contributed by atoms with van der Waals surface area (Å²) < 4.78 is 25.4. The number of benzene rings is 3. The molecule has 0 bridgehead atoms. The number of fused-ring (bicyclic) bond motifs is 2.